The predicted molar refractivity (Wildman–Crippen MR) is 71.3 cm³/mol. The number of hydrogen-bond donors (Lipinski definition) is 1. The van der Waals surface area contributed by atoms with Crippen LogP contribution < -0.4 is 4.74 Å². The molecule has 19 heavy (non-hydrogen) atoms. The summed E-state index contributed by atoms with van der Waals surface area (Å²) < 4.78 is 15.8. The Balaban J connectivity index is 1.80. The molecule has 1 aliphatic rings. The van der Waals surface area contributed by atoms with Crippen LogP contribution in [0, 0.1) is 0 Å². The van der Waals surface area contributed by atoms with Gasteiger partial charge in [0.05, 0.1) is 25.5 Å². The third-order valence-corrected chi connectivity index (χ3v) is 3.07. The summed E-state index contributed by atoms with van der Waals surface area (Å²) in [5, 5.41) is 12.2. The molecule has 104 valence electrons. The fourth-order valence-corrected chi connectivity index (χ4v) is 2.10. The van der Waals surface area contributed by atoms with Crippen molar-refractivity contribution in [1.29, 1.82) is 0 Å². The smallest absolute Gasteiger partial charge is 0.119 e. The van der Waals surface area contributed by atoms with Gasteiger partial charge in [0.1, 0.15) is 12.4 Å². The van der Waals surface area contributed by atoms with E-state index in [2.05, 4.69) is 5.16 Å². The van der Waals surface area contributed by atoms with E-state index in [0.717, 1.165) is 29.9 Å². The lowest BCUT2D eigenvalue weighted by atomic mass is 10.1. The molecule has 1 aliphatic carbocycles. The maximum absolute atomic E-state index is 8.86. The maximum atomic E-state index is 8.86. The average molecular weight is 265 g/mol. The van der Waals surface area contributed by atoms with Crippen molar-refractivity contribution in [2.75, 3.05) is 33.5 Å². The third-order valence-electron chi connectivity index (χ3n) is 3.07. The standard InChI is InChI=1S/C14H19NO4/c1-17-6-7-18-8-9-19-12-3-4-13-11(10-12)2-5-14(13)15-16/h3-4,10,16H,2,5-9H2,1H3/b15-14+. The Hall–Kier alpha value is -1.59. The summed E-state index contributed by atoms with van der Waals surface area (Å²) in [6.07, 6.45) is 1.69. The van der Waals surface area contributed by atoms with E-state index in [-0.39, 0.29) is 0 Å². The van der Waals surface area contributed by atoms with Crippen molar-refractivity contribution in [3.05, 3.63) is 29.3 Å². The number of rotatable bonds is 7. The normalized spacial score (nSPS) is 15.7. The summed E-state index contributed by atoms with van der Waals surface area (Å²) in [5.41, 5.74) is 2.95. The minimum Gasteiger partial charge on any atom is -0.491 e. The molecule has 1 aromatic carbocycles. The molecule has 0 aliphatic heterocycles. The maximum Gasteiger partial charge on any atom is 0.119 e. The molecule has 0 radical (unpaired) electrons. The van der Waals surface area contributed by atoms with Crippen LogP contribution in [0.1, 0.15) is 17.5 Å². The van der Waals surface area contributed by atoms with E-state index >= 15 is 0 Å². The molecule has 0 saturated carbocycles. The van der Waals surface area contributed by atoms with Crippen molar-refractivity contribution in [2.24, 2.45) is 5.16 Å². The summed E-state index contributed by atoms with van der Waals surface area (Å²) in [7, 11) is 1.65. The number of aryl methyl sites for hydroxylation is 1. The second kappa shape index (κ2) is 7.11. The van der Waals surface area contributed by atoms with Gasteiger partial charge in [-0.25, -0.2) is 0 Å². The number of methoxy groups -OCH3 is 1. The van der Waals surface area contributed by atoms with Gasteiger partial charge in [0, 0.05) is 12.7 Å². The minimum atomic E-state index is 0.517. The van der Waals surface area contributed by atoms with Crippen LogP contribution in [0.3, 0.4) is 0 Å². The average Bonchev–Trinajstić information content (AvgIpc) is 2.85. The number of nitrogens with zero attached hydrogens (tertiary/aromatic N) is 1. The van der Waals surface area contributed by atoms with Crippen LogP contribution in [0.15, 0.2) is 23.4 Å². The van der Waals surface area contributed by atoms with E-state index in [4.69, 9.17) is 19.4 Å². The minimum absolute atomic E-state index is 0.517. The predicted octanol–water partition coefficient (Wildman–Crippen LogP) is 1.85. The number of hydrogen-bond acceptors (Lipinski definition) is 5. The largest absolute Gasteiger partial charge is 0.491 e. The van der Waals surface area contributed by atoms with Gasteiger partial charge >= 0.3 is 0 Å². The Bertz CT molecular complexity index is 445. The first-order valence-electron chi connectivity index (χ1n) is 6.39. The molecule has 2 rings (SSSR count). The van der Waals surface area contributed by atoms with Gasteiger partial charge in [-0.1, -0.05) is 5.16 Å². The molecule has 1 N–H and O–H groups in total. The molecular formula is C14H19NO4. The van der Waals surface area contributed by atoms with Gasteiger partial charge in [-0.15, -0.1) is 0 Å². The van der Waals surface area contributed by atoms with E-state index in [1.807, 2.05) is 18.2 Å². The van der Waals surface area contributed by atoms with Gasteiger partial charge in [-0.05, 0) is 36.6 Å². The van der Waals surface area contributed by atoms with Crippen molar-refractivity contribution in [1.82, 2.24) is 0 Å². The fourth-order valence-electron chi connectivity index (χ4n) is 2.10. The van der Waals surface area contributed by atoms with Gasteiger partial charge in [0.15, 0.2) is 0 Å². The molecule has 1 aromatic rings. The zero-order chi connectivity index (χ0) is 13.5. The summed E-state index contributed by atoms with van der Waals surface area (Å²) in [4.78, 5) is 0. The first kappa shape index (κ1) is 13.8. The molecule has 0 bridgehead atoms. The fraction of sp³-hybridized carbons (Fsp3) is 0.500. The topological polar surface area (TPSA) is 60.3 Å². The molecule has 0 unspecified atom stereocenters. The van der Waals surface area contributed by atoms with Gasteiger partial charge in [-0.2, -0.15) is 0 Å². The van der Waals surface area contributed by atoms with E-state index in [1.54, 1.807) is 7.11 Å². The van der Waals surface area contributed by atoms with Crippen molar-refractivity contribution >= 4 is 5.71 Å². The zero-order valence-corrected chi connectivity index (χ0v) is 11.1. The Morgan fingerprint density at radius 2 is 2.00 bits per heavy atom. The van der Waals surface area contributed by atoms with E-state index in [9.17, 15) is 0 Å². The highest BCUT2D eigenvalue weighted by Crippen LogP contribution is 2.26. The number of ether oxygens (including phenoxy) is 3. The Morgan fingerprint density at radius 1 is 1.16 bits per heavy atom. The lowest BCUT2D eigenvalue weighted by Gasteiger charge is -2.08. The molecule has 0 atom stereocenters. The van der Waals surface area contributed by atoms with E-state index < -0.39 is 0 Å². The summed E-state index contributed by atoms with van der Waals surface area (Å²) in [5.74, 6) is 0.827. The van der Waals surface area contributed by atoms with Crippen LogP contribution >= 0.6 is 0 Å². The zero-order valence-electron chi connectivity index (χ0n) is 11.1. The molecule has 0 saturated heterocycles. The van der Waals surface area contributed by atoms with Crippen LogP contribution in [0.2, 0.25) is 0 Å². The highest BCUT2D eigenvalue weighted by Gasteiger charge is 2.18. The van der Waals surface area contributed by atoms with E-state index in [0.29, 0.717) is 26.4 Å². The van der Waals surface area contributed by atoms with E-state index in [1.165, 1.54) is 5.56 Å². The summed E-state index contributed by atoms with van der Waals surface area (Å²) >= 11 is 0. The molecule has 5 nitrogen and oxygen atoms in total. The lowest BCUT2D eigenvalue weighted by molar-refractivity contribution is 0.0544. The van der Waals surface area contributed by atoms with Crippen LogP contribution in [0.4, 0.5) is 0 Å². The lowest BCUT2D eigenvalue weighted by Crippen LogP contribution is -2.10. The monoisotopic (exact) mass is 265 g/mol. The van der Waals surface area contributed by atoms with Crippen molar-refractivity contribution < 1.29 is 19.4 Å². The van der Waals surface area contributed by atoms with Crippen molar-refractivity contribution in [3.8, 4) is 5.75 Å². The first-order chi connectivity index (χ1) is 9.35. The highest BCUT2D eigenvalue weighted by atomic mass is 16.5. The first-order valence-corrected chi connectivity index (χ1v) is 6.39. The molecule has 0 amide bonds. The third kappa shape index (κ3) is 3.68. The van der Waals surface area contributed by atoms with Crippen molar-refractivity contribution in [2.45, 2.75) is 12.8 Å². The molecule has 0 aromatic heterocycles. The second-order valence-electron chi connectivity index (χ2n) is 4.32. The highest BCUT2D eigenvalue weighted by molar-refractivity contribution is 6.04. The molecule has 0 spiro atoms. The molecule has 0 fully saturated rings. The van der Waals surface area contributed by atoms with Crippen LogP contribution in [-0.2, 0) is 15.9 Å². The summed E-state index contributed by atoms with van der Waals surface area (Å²) in [6, 6.07) is 5.84. The van der Waals surface area contributed by atoms with Crippen molar-refractivity contribution in [3.63, 3.8) is 0 Å². The molecule has 0 heterocycles. The van der Waals surface area contributed by atoms with Gasteiger partial charge in [-0.3, -0.25) is 0 Å². The van der Waals surface area contributed by atoms with Gasteiger partial charge < -0.3 is 19.4 Å². The Kier molecular flexibility index (Phi) is 5.18. The van der Waals surface area contributed by atoms with Crippen LogP contribution in [0.5, 0.6) is 5.75 Å². The summed E-state index contributed by atoms with van der Waals surface area (Å²) in [6.45, 7) is 2.25. The Morgan fingerprint density at radius 3 is 2.79 bits per heavy atom. The number of fused-ring (bicyclic) bond motifs is 1. The second-order valence-corrected chi connectivity index (χ2v) is 4.32. The SMILES string of the molecule is COCCOCCOc1ccc2c(c1)CC/C2=N\O. The number of oxime groups is 1. The van der Waals surface area contributed by atoms with Gasteiger partial charge in [0.2, 0.25) is 0 Å². The quantitative estimate of drug-likeness (QED) is 0.464. The Labute approximate surface area is 112 Å². The molecule has 5 heteroatoms. The van der Waals surface area contributed by atoms with Gasteiger partial charge in [0.25, 0.3) is 0 Å². The number of benzene rings is 1. The van der Waals surface area contributed by atoms with Crippen LogP contribution in [0.25, 0.3) is 0 Å². The molecular weight excluding hydrogens is 246 g/mol. The van der Waals surface area contributed by atoms with Crippen LogP contribution in [-0.4, -0.2) is 44.5 Å².